The summed E-state index contributed by atoms with van der Waals surface area (Å²) in [4.78, 5) is 17.8. The maximum Gasteiger partial charge on any atom is 0.255 e. The van der Waals surface area contributed by atoms with Gasteiger partial charge in [-0.1, -0.05) is 0 Å². The lowest BCUT2D eigenvalue weighted by atomic mass is 10.1. The molecule has 1 saturated heterocycles. The Morgan fingerprint density at radius 3 is 2.70 bits per heavy atom. The van der Waals surface area contributed by atoms with E-state index in [2.05, 4.69) is 4.98 Å². The maximum atomic E-state index is 13.5. The lowest BCUT2D eigenvalue weighted by Gasteiger charge is -2.26. The van der Waals surface area contributed by atoms with Crippen LogP contribution in [0.2, 0.25) is 0 Å². The van der Waals surface area contributed by atoms with Crippen molar-refractivity contribution in [1.82, 2.24) is 9.88 Å². The molecule has 0 aliphatic carbocycles. The Bertz CT molecular complexity index is 670. The first-order chi connectivity index (χ1) is 9.65. The third-order valence-electron chi connectivity index (χ3n) is 3.25. The normalized spacial score (nSPS) is 15.6. The second-order valence-electron chi connectivity index (χ2n) is 4.59. The Balaban J connectivity index is 1.97. The molecule has 3 rings (SSSR count). The minimum atomic E-state index is -0.731. The number of carbonyl (C=O) groups excluding carboxylic acids is 1. The molecule has 2 aromatic rings. The molecule has 2 heterocycles. The highest BCUT2D eigenvalue weighted by Gasteiger charge is 2.19. The molecule has 1 aliphatic rings. The van der Waals surface area contributed by atoms with Crippen LogP contribution < -0.4 is 0 Å². The van der Waals surface area contributed by atoms with Crippen molar-refractivity contribution >= 4 is 16.8 Å². The number of carbonyl (C=O) groups is 1. The van der Waals surface area contributed by atoms with Crippen LogP contribution in [0.15, 0.2) is 24.4 Å². The summed E-state index contributed by atoms with van der Waals surface area (Å²) in [5, 5.41) is 0.279. The SMILES string of the molecule is O=C(c1cnc2c(F)cc(F)cc2c1)N1CCOCC1. The van der Waals surface area contributed by atoms with Gasteiger partial charge in [0.1, 0.15) is 11.3 Å². The van der Waals surface area contributed by atoms with E-state index in [4.69, 9.17) is 4.74 Å². The Morgan fingerprint density at radius 2 is 1.95 bits per heavy atom. The highest BCUT2D eigenvalue weighted by atomic mass is 19.1. The van der Waals surface area contributed by atoms with Gasteiger partial charge in [-0.05, 0) is 12.1 Å². The minimum absolute atomic E-state index is 0.0601. The number of halogens is 2. The van der Waals surface area contributed by atoms with Gasteiger partial charge in [0.2, 0.25) is 0 Å². The van der Waals surface area contributed by atoms with Gasteiger partial charge in [0.05, 0.1) is 18.8 Å². The van der Waals surface area contributed by atoms with Crippen LogP contribution >= 0.6 is 0 Å². The molecule has 0 N–H and O–H groups in total. The zero-order chi connectivity index (χ0) is 14.1. The molecule has 4 nitrogen and oxygen atoms in total. The molecule has 0 atom stereocenters. The molecule has 1 aliphatic heterocycles. The third kappa shape index (κ3) is 2.34. The van der Waals surface area contributed by atoms with Gasteiger partial charge in [-0.25, -0.2) is 8.78 Å². The fourth-order valence-electron chi connectivity index (χ4n) is 2.24. The van der Waals surface area contributed by atoms with Crippen LogP contribution in [-0.2, 0) is 4.74 Å². The molecular weight excluding hydrogens is 266 g/mol. The van der Waals surface area contributed by atoms with Crippen LogP contribution in [0.1, 0.15) is 10.4 Å². The number of pyridine rings is 1. The van der Waals surface area contributed by atoms with Crippen molar-refractivity contribution in [2.75, 3.05) is 26.3 Å². The number of aromatic nitrogens is 1. The number of hydrogen-bond acceptors (Lipinski definition) is 3. The van der Waals surface area contributed by atoms with E-state index in [1.165, 1.54) is 18.3 Å². The molecule has 1 amide bonds. The average Bonchev–Trinajstić information content (AvgIpc) is 2.46. The van der Waals surface area contributed by atoms with Crippen molar-refractivity contribution in [3.8, 4) is 0 Å². The summed E-state index contributed by atoms with van der Waals surface area (Å²) in [6.07, 6.45) is 1.32. The number of fused-ring (bicyclic) bond motifs is 1. The molecule has 1 aromatic carbocycles. The van der Waals surface area contributed by atoms with E-state index in [1.807, 2.05) is 0 Å². The van der Waals surface area contributed by atoms with E-state index in [0.717, 1.165) is 6.07 Å². The lowest BCUT2D eigenvalue weighted by Crippen LogP contribution is -2.40. The van der Waals surface area contributed by atoms with Gasteiger partial charge in [-0.2, -0.15) is 0 Å². The quantitative estimate of drug-likeness (QED) is 0.801. The topological polar surface area (TPSA) is 42.4 Å². The zero-order valence-corrected chi connectivity index (χ0v) is 10.6. The molecule has 0 spiro atoms. The van der Waals surface area contributed by atoms with E-state index >= 15 is 0 Å². The van der Waals surface area contributed by atoms with Crippen molar-refractivity contribution in [3.63, 3.8) is 0 Å². The van der Waals surface area contributed by atoms with Crippen molar-refractivity contribution in [2.24, 2.45) is 0 Å². The smallest absolute Gasteiger partial charge is 0.255 e. The molecule has 1 aromatic heterocycles. The van der Waals surface area contributed by atoms with Crippen LogP contribution in [0, 0.1) is 11.6 Å². The highest BCUT2D eigenvalue weighted by Crippen LogP contribution is 2.19. The van der Waals surface area contributed by atoms with Gasteiger partial charge < -0.3 is 9.64 Å². The van der Waals surface area contributed by atoms with E-state index in [9.17, 15) is 13.6 Å². The first-order valence-corrected chi connectivity index (χ1v) is 6.27. The van der Waals surface area contributed by atoms with Gasteiger partial charge >= 0.3 is 0 Å². The summed E-state index contributed by atoms with van der Waals surface area (Å²) < 4.78 is 31.9. The fraction of sp³-hybridized carbons (Fsp3) is 0.286. The number of amides is 1. The second-order valence-corrected chi connectivity index (χ2v) is 4.59. The van der Waals surface area contributed by atoms with E-state index in [1.54, 1.807) is 4.90 Å². The van der Waals surface area contributed by atoms with Crippen LogP contribution in [0.5, 0.6) is 0 Å². The summed E-state index contributed by atoms with van der Waals surface area (Å²) in [6, 6.07) is 3.41. The molecule has 104 valence electrons. The van der Waals surface area contributed by atoms with Crippen molar-refractivity contribution in [1.29, 1.82) is 0 Å². The van der Waals surface area contributed by atoms with Gasteiger partial charge in [0.25, 0.3) is 5.91 Å². The van der Waals surface area contributed by atoms with Crippen LogP contribution in [-0.4, -0.2) is 42.1 Å². The second kappa shape index (κ2) is 5.13. The summed E-state index contributed by atoms with van der Waals surface area (Å²) in [5.74, 6) is -1.62. The molecular formula is C14H12F2N2O2. The van der Waals surface area contributed by atoms with Gasteiger partial charge in [0, 0.05) is 30.7 Å². The van der Waals surface area contributed by atoms with E-state index < -0.39 is 11.6 Å². The molecule has 20 heavy (non-hydrogen) atoms. The lowest BCUT2D eigenvalue weighted by molar-refractivity contribution is 0.0302. The zero-order valence-electron chi connectivity index (χ0n) is 10.6. The Kier molecular flexibility index (Phi) is 3.31. The predicted octanol–water partition coefficient (Wildman–Crippen LogP) is 1.99. The molecule has 0 saturated carbocycles. The van der Waals surface area contributed by atoms with E-state index in [-0.39, 0.29) is 16.8 Å². The average molecular weight is 278 g/mol. The highest BCUT2D eigenvalue weighted by molar-refractivity contribution is 5.97. The third-order valence-corrected chi connectivity index (χ3v) is 3.25. The Morgan fingerprint density at radius 1 is 1.20 bits per heavy atom. The number of ether oxygens (including phenoxy) is 1. The van der Waals surface area contributed by atoms with Gasteiger partial charge in [0.15, 0.2) is 5.82 Å². The molecule has 0 radical (unpaired) electrons. The summed E-state index contributed by atoms with van der Waals surface area (Å²) in [5.41, 5.74) is 0.384. The monoisotopic (exact) mass is 278 g/mol. The molecule has 1 fully saturated rings. The predicted molar refractivity (Wildman–Crippen MR) is 68.4 cm³/mol. The molecule has 0 bridgehead atoms. The number of rotatable bonds is 1. The first-order valence-electron chi connectivity index (χ1n) is 6.27. The molecule has 6 heteroatoms. The summed E-state index contributed by atoms with van der Waals surface area (Å²) in [7, 11) is 0. The Hall–Kier alpha value is -2.08. The van der Waals surface area contributed by atoms with Crippen LogP contribution in [0.3, 0.4) is 0 Å². The number of nitrogens with zero attached hydrogens (tertiary/aromatic N) is 2. The number of hydrogen-bond donors (Lipinski definition) is 0. The Labute approximate surface area is 114 Å². The van der Waals surface area contributed by atoms with E-state index in [0.29, 0.717) is 31.9 Å². The minimum Gasteiger partial charge on any atom is -0.378 e. The standard InChI is InChI=1S/C14H12F2N2O2/c15-11-6-9-5-10(8-17-13(9)12(16)7-11)14(19)18-1-3-20-4-2-18/h5-8H,1-4H2. The summed E-state index contributed by atoms with van der Waals surface area (Å²) in [6.45, 7) is 2.01. The van der Waals surface area contributed by atoms with Crippen molar-refractivity contribution in [2.45, 2.75) is 0 Å². The van der Waals surface area contributed by atoms with Crippen LogP contribution in [0.4, 0.5) is 8.78 Å². The van der Waals surface area contributed by atoms with Crippen molar-refractivity contribution < 1.29 is 18.3 Å². The van der Waals surface area contributed by atoms with Gasteiger partial charge in [-0.3, -0.25) is 9.78 Å². The fourth-order valence-corrected chi connectivity index (χ4v) is 2.24. The van der Waals surface area contributed by atoms with Crippen molar-refractivity contribution in [3.05, 3.63) is 41.6 Å². The number of benzene rings is 1. The number of morpholine rings is 1. The largest absolute Gasteiger partial charge is 0.378 e. The molecule has 0 unspecified atom stereocenters. The van der Waals surface area contributed by atoms with Gasteiger partial charge in [-0.15, -0.1) is 0 Å². The van der Waals surface area contributed by atoms with Crippen LogP contribution in [0.25, 0.3) is 10.9 Å². The first kappa shape index (κ1) is 12.9. The summed E-state index contributed by atoms with van der Waals surface area (Å²) >= 11 is 0. The maximum absolute atomic E-state index is 13.5.